The summed E-state index contributed by atoms with van der Waals surface area (Å²) in [5, 5.41) is 8.31. The molecule has 1 aliphatic rings. The Labute approximate surface area is 140 Å². The van der Waals surface area contributed by atoms with Crippen LogP contribution in [-0.2, 0) is 0 Å². The molecule has 0 saturated carbocycles. The van der Waals surface area contributed by atoms with Gasteiger partial charge in [-0.2, -0.15) is 0 Å². The summed E-state index contributed by atoms with van der Waals surface area (Å²) in [7, 11) is 2.14. The Morgan fingerprint density at radius 1 is 1.04 bits per heavy atom. The van der Waals surface area contributed by atoms with Crippen LogP contribution in [-0.4, -0.2) is 40.2 Å². The Hall–Kier alpha value is -1.75. The number of nitrogens with zero attached hydrogens (tertiary/aromatic N) is 4. The van der Waals surface area contributed by atoms with Crippen molar-refractivity contribution in [3.63, 3.8) is 0 Å². The minimum Gasteiger partial charge on any atom is -0.419 e. The summed E-state index contributed by atoms with van der Waals surface area (Å²) >= 11 is 0. The second-order valence-electron chi connectivity index (χ2n) is 5.24. The molecule has 0 N–H and O–H groups in total. The Balaban J connectivity index is 0.000000615. The molecule has 3 heterocycles. The standard InChI is InChI=1S/C14H18N4O.2C2H6/c1-10-3-4-12(15-9-10)14-17-16-13(19-14)11-5-7-18(2)8-6-11;2*1-2/h3-4,9,11H,5-8H2,1-2H3;2*1-2H3. The minimum absolute atomic E-state index is 0.392. The third kappa shape index (κ3) is 5.43. The highest BCUT2D eigenvalue weighted by Crippen LogP contribution is 2.28. The molecular formula is C18H30N4O. The second-order valence-corrected chi connectivity index (χ2v) is 5.24. The van der Waals surface area contributed by atoms with Gasteiger partial charge in [-0.3, -0.25) is 4.98 Å². The molecule has 5 nitrogen and oxygen atoms in total. The summed E-state index contributed by atoms with van der Waals surface area (Å²) in [5.74, 6) is 1.67. The molecule has 0 radical (unpaired) electrons. The maximum absolute atomic E-state index is 5.78. The number of pyridine rings is 1. The van der Waals surface area contributed by atoms with Gasteiger partial charge in [-0.05, 0) is 51.5 Å². The van der Waals surface area contributed by atoms with Gasteiger partial charge in [-0.1, -0.05) is 33.8 Å². The number of aryl methyl sites for hydroxylation is 1. The van der Waals surface area contributed by atoms with Crippen molar-refractivity contribution in [2.45, 2.75) is 53.4 Å². The number of aromatic nitrogens is 3. The summed E-state index contributed by atoms with van der Waals surface area (Å²) in [5.41, 5.74) is 1.87. The third-order valence-corrected chi connectivity index (χ3v) is 3.64. The zero-order chi connectivity index (χ0) is 17.2. The third-order valence-electron chi connectivity index (χ3n) is 3.64. The number of piperidine rings is 1. The van der Waals surface area contributed by atoms with Crippen LogP contribution in [0.25, 0.3) is 11.6 Å². The molecule has 128 valence electrons. The fourth-order valence-corrected chi connectivity index (χ4v) is 2.35. The Morgan fingerprint density at radius 2 is 1.70 bits per heavy atom. The van der Waals surface area contributed by atoms with Crippen molar-refractivity contribution < 1.29 is 4.42 Å². The molecule has 3 rings (SSSR count). The van der Waals surface area contributed by atoms with E-state index in [-0.39, 0.29) is 0 Å². The van der Waals surface area contributed by atoms with Crippen LogP contribution in [0.1, 0.15) is 57.9 Å². The molecule has 0 bridgehead atoms. The molecule has 0 aliphatic carbocycles. The molecule has 1 aliphatic heterocycles. The van der Waals surface area contributed by atoms with Crippen molar-refractivity contribution in [1.29, 1.82) is 0 Å². The first-order chi connectivity index (χ1) is 11.2. The van der Waals surface area contributed by atoms with Crippen LogP contribution in [0, 0.1) is 6.92 Å². The Kier molecular flexibility index (Phi) is 8.48. The lowest BCUT2D eigenvalue weighted by atomic mass is 9.97. The van der Waals surface area contributed by atoms with Gasteiger partial charge in [0.2, 0.25) is 5.89 Å². The first-order valence-electron chi connectivity index (χ1n) is 8.67. The van der Waals surface area contributed by atoms with Gasteiger partial charge in [-0.25, -0.2) is 0 Å². The van der Waals surface area contributed by atoms with Crippen LogP contribution in [0.4, 0.5) is 0 Å². The van der Waals surface area contributed by atoms with Crippen molar-refractivity contribution in [1.82, 2.24) is 20.1 Å². The Morgan fingerprint density at radius 3 is 2.26 bits per heavy atom. The smallest absolute Gasteiger partial charge is 0.266 e. The van der Waals surface area contributed by atoms with Gasteiger partial charge in [0.15, 0.2) is 0 Å². The number of hydrogen-bond acceptors (Lipinski definition) is 5. The van der Waals surface area contributed by atoms with Gasteiger partial charge in [0, 0.05) is 12.1 Å². The van der Waals surface area contributed by atoms with E-state index in [4.69, 9.17) is 4.42 Å². The van der Waals surface area contributed by atoms with Crippen molar-refractivity contribution in [2.24, 2.45) is 0 Å². The fraction of sp³-hybridized carbons (Fsp3) is 0.611. The number of hydrogen-bond donors (Lipinski definition) is 0. The van der Waals surface area contributed by atoms with E-state index in [0.717, 1.165) is 43.1 Å². The minimum atomic E-state index is 0.392. The monoisotopic (exact) mass is 318 g/mol. The van der Waals surface area contributed by atoms with Gasteiger partial charge in [0.05, 0.1) is 0 Å². The molecule has 2 aromatic heterocycles. The van der Waals surface area contributed by atoms with E-state index < -0.39 is 0 Å². The highest BCUT2D eigenvalue weighted by atomic mass is 16.4. The van der Waals surface area contributed by atoms with E-state index >= 15 is 0 Å². The van der Waals surface area contributed by atoms with Gasteiger partial charge in [0.25, 0.3) is 5.89 Å². The highest BCUT2D eigenvalue weighted by Gasteiger charge is 2.23. The van der Waals surface area contributed by atoms with Crippen LogP contribution in [0.15, 0.2) is 22.7 Å². The molecular weight excluding hydrogens is 288 g/mol. The largest absolute Gasteiger partial charge is 0.419 e. The average Bonchev–Trinajstić information content (AvgIpc) is 3.10. The highest BCUT2D eigenvalue weighted by molar-refractivity contribution is 5.45. The van der Waals surface area contributed by atoms with Crippen molar-refractivity contribution in [2.75, 3.05) is 20.1 Å². The lowest BCUT2D eigenvalue weighted by Crippen LogP contribution is -2.29. The molecule has 23 heavy (non-hydrogen) atoms. The second kappa shape index (κ2) is 10.1. The lowest BCUT2D eigenvalue weighted by molar-refractivity contribution is 0.237. The summed E-state index contributed by atoms with van der Waals surface area (Å²) in [4.78, 5) is 6.64. The Bertz CT molecular complexity index is 542. The summed E-state index contributed by atoms with van der Waals surface area (Å²) in [6, 6.07) is 3.92. The molecule has 1 fully saturated rings. The van der Waals surface area contributed by atoms with Crippen LogP contribution < -0.4 is 0 Å². The van der Waals surface area contributed by atoms with Gasteiger partial charge >= 0.3 is 0 Å². The predicted octanol–water partition coefficient (Wildman–Crippen LogP) is 4.30. The molecule has 5 heteroatoms. The molecule has 2 aromatic rings. The van der Waals surface area contributed by atoms with E-state index in [2.05, 4.69) is 27.1 Å². The molecule has 0 atom stereocenters. The topological polar surface area (TPSA) is 55.1 Å². The molecule has 0 aromatic carbocycles. The predicted molar refractivity (Wildman–Crippen MR) is 94.4 cm³/mol. The van der Waals surface area contributed by atoms with Crippen LogP contribution in [0.5, 0.6) is 0 Å². The van der Waals surface area contributed by atoms with Crippen LogP contribution in [0.3, 0.4) is 0 Å². The molecule has 0 unspecified atom stereocenters. The normalized spacial score (nSPS) is 15.2. The van der Waals surface area contributed by atoms with E-state index in [0.29, 0.717) is 11.8 Å². The van der Waals surface area contributed by atoms with Gasteiger partial charge in [0.1, 0.15) is 5.69 Å². The molecule has 0 spiro atoms. The summed E-state index contributed by atoms with van der Waals surface area (Å²) in [6.07, 6.45) is 3.98. The maximum Gasteiger partial charge on any atom is 0.266 e. The van der Waals surface area contributed by atoms with Crippen LogP contribution >= 0.6 is 0 Å². The molecule has 0 amide bonds. The first-order valence-corrected chi connectivity index (χ1v) is 8.67. The lowest BCUT2D eigenvalue weighted by Gasteiger charge is -2.26. The van der Waals surface area contributed by atoms with E-state index in [1.807, 2.05) is 52.9 Å². The van der Waals surface area contributed by atoms with Gasteiger partial charge < -0.3 is 9.32 Å². The van der Waals surface area contributed by atoms with Crippen molar-refractivity contribution in [3.05, 3.63) is 29.8 Å². The first kappa shape index (κ1) is 19.3. The van der Waals surface area contributed by atoms with E-state index in [1.54, 1.807) is 0 Å². The van der Waals surface area contributed by atoms with Gasteiger partial charge in [-0.15, -0.1) is 10.2 Å². The summed E-state index contributed by atoms with van der Waals surface area (Å²) < 4.78 is 5.78. The zero-order valence-corrected chi connectivity index (χ0v) is 15.3. The van der Waals surface area contributed by atoms with E-state index in [9.17, 15) is 0 Å². The number of likely N-dealkylation sites (tertiary alicyclic amines) is 1. The SMILES string of the molecule is CC.CC.Cc1ccc(-c2nnc(C3CCN(C)CC3)o2)nc1. The van der Waals surface area contributed by atoms with Crippen molar-refractivity contribution in [3.8, 4) is 11.6 Å². The number of rotatable bonds is 2. The van der Waals surface area contributed by atoms with Crippen LogP contribution in [0.2, 0.25) is 0 Å². The maximum atomic E-state index is 5.78. The molecule has 1 saturated heterocycles. The fourth-order valence-electron chi connectivity index (χ4n) is 2.35. The van der Waals surface area contributed by atoms with E-state index in [1.165, 1.54) is 0 Å². The quantitative estimate of drug-likeness (QED) is 0.826. The average molecular weight is 318 g/mol. The summed E-state index contributed by atoms with van der Waals surface area (Å²) in [6.45, 7) is 12.2. The zero-order valence-electron chi connectivity index (χ0n) is 15.3. The van der Waals surface area contributed by atoms with Crippen molar-refractivity contribution >= 4 is 0 Å².